The van der Waals surface area contributed by atoms with Crippen LogP contribution in [0.1, 0.15) is 5.69 Å². The fourth-order valence-corrected chi connectivity index (χ4v) is 2.67. The molecule has 0 saturated carbocycles. The Morgan fingerprint density at radius 2 is 2.16 bits per heavy atom. The second-order valence-electron chi connectivity index (χ2n) is 3.94. The third-order valence-electron chi connectivity index (χ3n) is 2.72. The molecule has 0 fully saturated rings. The predicted octanol–water partition coefficient (Wildman–Crippen LogP) is 2.20. The molecule has 0 spiro atoms. The van der Waals surface area contributed by atoms with Gasteiger partial charge in [0.1, 0.15) is 5.52 Å². The van der Waals surface area contributed by atoms with E-state index in [0.717, 1.165) is 5.69 Å². The Morgan fingerprint density at radius 1 is 1.32 bits per heavy atom. The molecule has 0 saturated heterocycles. The summed E-state index contributed by atoms with van der Waals surface area (Å²) in [5, 5.41) is 4.71. The normalized spacial score (nSPS) is 11.1. The first-order valence-electron chi connectivity index (χ1n) is 5.50. The van der Waals surface area contributed by atoms with Crippen LogP contribution in [0, 0.1) is 3.83 Å². The molecule has 0 radical (unpaired) electrons. The Balaban J connectivity index is 2.18. The lowest BCUT2D eigenvalue weighted by Gasteiger charge is -2.08. The van der Waals surface area contributed by atoms with E-state index in [1.54, 1.807) is 23.0 Å². The number of pyridine rings is 1. The highest BCUT2D eigenvalue weighted by Gasteiger charge is 2.12. The van der Waals surface area contributed by atoms with E-state index in [2.05, 4.69) is 10.1 Å². The molecule has 0 aliphatic carbocycles. The zero-order valence-corrected chi connectivity index (χ0v) is 12.5. The van der Waals surface area contributed by atoms with Gasteiger partial charge in [-0.05, 0) is 18.2 Å². The zero-order chi connectivity index (χ0) is 13.4. The van der Waals surface area contributed by atoms with E-state index < -0.39 is 0 Å². The first kappa shape index (κ1) is 12.6. The van der Waals surface area contributed by atoms with Crippen LogP contribution in [0.4, 0.5) is 0 Å². The topological polar surface area (TPSA) is 52.2 Å². The monoisotopic (exact) mass is 386 g/mol. The molecule has 0 atom stereocenters. The fraction of sp³-hybridized carbons (Fsp3) is 0.0833. The maximum Gasteiger partial charge on any atom is 0.280 e. The van der Waals surface area contributed by atoms with Crippen LogP contribution in [0.25, 0.3) is 5.52 Å². The summed E-state index contributed by atoms with van der Waals surface area (Å²) in [6.07, 6.45) is 3.37. The Morgan fingerprint density at radius 3 is 2.89 bits per heavy atom. The minimum atomic E-state index is -0.167. The van der Waals surface area contributed by atoms with Gasteiger partial charge in [0.15, 0.2) is 3.83 Å². The van der Waals surface area contributed by atoms with Crippen molar-refractivity contribution in [2.45, 2.75) is 6.54 Å². The van der Waals surface area contributed by atoms with Gasteiger partial charge in [-0.2, -0.15) is 0 Å². The third-order valence-corrected chi connectivity index (χ3v) is 3.83. The van der Waals surface area contributed by atoms with Crippen molar-refractivity contribution in [3.8, 4) is 0 Å². The maximum absolute atomic E-state index is 12.4. The van der Waals surface area contributed by atoms with Gasteiger partial charge in [0.2, 0.25) is 0 Å². The van der Waals surface area contributed by atoms with Crippen molar-refractivity contribution < 1.29 is 0 Å². The molecule has 3 aromatic heterocycles. The smallest absolute Gasteiger partial charge is 0.279 e. The van der Waals surface area contributed by atoms with Gasteiger partial charge in [-0.15, -0.1) is 5.10 Å². The van der Waals surface area contributed by atoms with Crippen LogP contribution in [0.2, 0.25) is 5.02 Å². The van der Waals surface area contributed by atoms with Crippen LogP contribution in [-0.2, 0) is 6.54 Å². The van der Waals surface area contributed by atoms with Crippen LogP contribution in [-0.4, -0.2) is 19.2 Å². The van der Waals surface area contributed by atoms with E-state index in [-0.39, 0.29) is 5.56 Å². The molecule has 3 rings (SSSR count). The highest BCUT2D eigenvalue weighted by molar-refractivity contribution is 14.1. The van der Waals surface area contributed by atoms with Crippen molar-refractivity contribution in [3.05, 3.63) is 61.6 Å². The summed E-state index contributed by atoms with van der Waals surface area (Å²) in [6, 6.07) is 7.25. The van der Waals surface area contributed by atoms with Gasteiger partial charge in [0, 0.05) is 35.0 Å². The molecular weight excluding hydrogens is 379 g/mol. The fourth-order valence-electron chi connectivity index (χ4n) is 1.83. The summed E-state index contributed by atoms with van der Waals surface area (Å²) in [7, 11) is 0. The number of halogens is 2. The molecule has 0 bridgehead atoms. The van der Waals surface area contributed by atoms with Gasteiger partial charge in [-0.3, -0.25) is 14.3 Å². The average Bonchev–Trinajstić information content (AvgIpc) is 2.77. The molecule has 0 N–H and O–H groups in total. The quantitative estimate of drug-likeness (QED) is 0.635. The zero-order valence-electron chi connectivity index (χ0n) is 9.62. The molecule has 0 aromatic carbocycles. The Hall–Kier alpha value is -1.41. The van der Waals surface area contributed by atoms with E-state index in [1.807, 2.05) is 40.8 Å². The van der Waals surface area contributed by atoms with Gasteiger partial charge in [-0.25, -0.2) is 4.52 Å². The van der Waals surface area contributed by atoms with E-state index >= 15 is 0 Å². The molecule has 19 heavy (non-hydrogen) atoms. The van der Waals surface area contributed by atoms with Crippen LogP contribution in [0.15, 0.2) is 41.5 Å². The molecule has 3 aromatic rings. The van der Waals surface area contributed by atoms with E-state index in [4.69, 9.17) is 11.6 Å². The maximum atomic E-state index is 12.4. The van der Waals surface area contributed by atoms with Crippen LogP contribution in [0.3, 0.4) is 0 Å². The first-order valence-corrected chi connectivity index (χ1v) is 6.95. The minimum Gasteiger partial charge on any atom is -0.279 e. The number of fused-ring (bicyclic) bond motifs is 1. The van der Waals surface area contributed by atoms with Crippen LogP contribution in [0.5, 0.6) is 0 Å². The summed E-state index contributed by atoms with van der Waals surface area (Å²) in [5.74, 6) is 0. The lowest BCUT2D eigenvalue weighted by atomic mass is 10.3. The van der Waals surface area contributed by atoms with E-state index in [1.165, 1.54) is 4.52 Å². The largest absolute Gasteiger partial charge is 0.280 e. The van der Waals surface area contributed by atoms with Gasteiger partial charge in [0.25, 0.3) is 5.56 Å². The van der Waals surface area contributed by atoms with Crippen molar-refractivity contribution >= 4 is 39.7 Å². The van der Waals surface area contributed by atoms with Gasteiger partial charge in [-0.1, -0.05) is 17.7 Å². The molecule has 0 unspecified atom stereocenters. The number of aromatic nitrogens is 4. The summed E-state index contributed by atoms with van der Waals surface area (Å²) in [6.45, 7) is 0.378. The van der Waals surface area contributed by atoms with Crippen LogP contribution >= 0.6 is 34.2 Å². The number of nitrogens with zero attached hydrogens (tertiary/aromatic N) is 4. The van der Waals surface area contributed by atoms with Crippen molar-refractivity contribution in [1.29, 1.82) is 0 Å². The molecule has 3 heterocycles. The molecule has 5 nitrogen and oxygen atoms in total. The summed E-state index contributed by atoms with van der Waals surface area (Å²) in [4.78, 5) is 16.6. The Labute approximate surface area is 127 Å². The van der Waals surface area contributed by atoms with Crippen molar-refractivity contribution in [3.63, 3.8) is 0 Å². The first-order chi connectivity index (χ1) is 9.16. The van der Waals surface area contributed by atoms with Crippen molar-refractivity contribution in [1.82, 2.24) is 19.2 Å². The number of rotatable bonds is 2. The van der Waals surface area contributed by atoms with Gasteiger partial charge in [0.05, 0.1) is 17.3 Å². The average molecular weight is 387 g/mol. The highest BCUT2D eigenvalue weighted by Crippen LogP contribution is 2.14. The Kier molecular flexibility index (Phi) is 3.28. The number of hydrogen-bond acceptors (Lipinski definition) is 3. The predicted molar refractivity (Wildman–Crippen MR) is 80.5 cm³/mol. The second-order valence-corrected chi connectivity index (χ2v) is 5.31. The molecule has 0 amide bonds. The number of hydrogen-bond donors (Lipinski definition) is 0. The summed E-state index contributed by atoms with van der Waals surface area (Å²) < 4.78 is 3.65. The highest BCUT2D eigenvalue weighted by atomic mass is 127. The minimum absolute atomic E-state index is 0.167. The Bertz CT molecular complexity index is 797. The standard InChI is InChI=1S/C12H8ClIN4O/c13-9-4-6-18-10(9)11(19)17(12(14)16-18)7-8-3-1-2-5-15-8/h1-6H,7H2. The molecule has 0 aliphatic heterocycles. The van der Waals surface area contributed by atoms with Crippen molar-refractivity contribution in [2.24, 2.45) is 0 Å². The van der Waals surface area contributed by atoms with Crippen LogP contribution < -0.4 is 5.56 Å². The molecule has 96 valence electrons. The second kappa shape index (κ2) is 4.93. The molecule has 7 heteroatoms. The molecular formula is C12H8ClIN4O. The summed E-state index contributed by atoms with van der Waals surface area (Å²) in [5.41, 5.74) is 1.02. The van der Waals surface area contributed by atoms with Gasteiger partial charge >= 0.3 is 0 Å². The third kappa shape index (κ3) is 2.25. The lowest BCUT2D eigenvalue weighted by Crippen LogP contribution is -2.27. The van der Waals surface area contributed by atoms with Crippen molar-refractivity contribution in [2.75, 3.05) is 0 Å². The SMILES string of the molecule is O=c1c2c(Cl)ccn2nc(I)n1Cc1ccccn1. The van der Waals surface area contributed by atoms with Gasteiger partial charge < -0.3 is 0 Å². The molecule has 0 aliphatic rings. The van der Waals surface area contributed by atoms with E-state index in [9.17, 15) is 4.79 Å². The lowest BCUT2D eigenvalue weighted by molar-refractivity contribution is 0.663. The summed E-state index contributed by atoms with van der Waals surface area (Å²) >= 11 is 8.04. The van der Waals surface area contributed by atoms with E-state index in [0.29, 0.717) is 20.9 Å².